The van der Waals surface area contributed by atoms with Gasteiger partial charge in [-0.05, 0) is 29.1 Å². The Kier molecular flexibility index (Phi) is 6.40. The van der Waals surface area contributed by atoms with Crippen LogP contribution in [0, 0.1) is 0 Å². The Morgan fingerprint density at radius 3 is 2.58 bits per heavy atom. The Morgan fingerprint density at radius 2 is 1.85 bits per heavy atom. The molecule has 0 aliphatic heterocycles. The summed E-state index contributed by atoms with van der Waals surface area (Å²) in [6.45, 7) is 0.0570. The molecule has 1 amide bonds. The smallest absolute Gasteiger partial charge is 0.407 e. The van der Waals surface area contributed by atoms with Crippen molar-refractivity contribution in [3.63, 3.8) is 0 Å². The molecule has 5 nitrogen and oxygen atoms in total. The summed E-state index contributed by atoms with van der Waals surface area (Å²) < 4.78 is 5.08. The molecule has 0 spiro atoms. The summed E-state index contributed by atoms with van der Waals surface area (Å²) >= 11 is 3.05. The van der Waals surface area contributed by atoms with Crippen molar-refractivity contribution in [2.24, 2.45) is 0 Å². The molecule has 3 aromatic rings. The third kappa shape index (κ3) is 4.92. The Morgan fingerprint density at radius 1 is 1.04 bits per heavy atom. The number of thiophene rings is 2. The first kappa shape index (κ1) is 18.6. The summed E-state index contributed by atoms with van der Waals surface area (Å²) in [5, 5.41) is 24.9. The molecule has 2 atom stereocenters. The second kappa shape index (κ2) is 8.95. The molecule has 0 saturated carbocycles. The van der Waals surface area contributed by atoms with E-state index in [0.717, 1.165) is 15.3 Å². The summed E-state index contributed by atoms with van der Waals surface area (Å²) in [6.07, 6.45) is -2.82. The maximum Gasteiger partial charge on any atom is 0.407 e. The molecule has 2 aromatic heterocycles. The van der Waals surface area contributed by atoms with Gasteiger partial charge in [0.2, 0.25) is 0 Å². The summed E-state index contributed by atoms with van der Waals surface area (Å²) in [4.78, 5) is 14.5. The van der Waals surface area contributed by atoms with Gasteiger partial charge < -0.3 is 20.3 Å². The molecule has 1 aromatic carbocycles. The van der Waals surface area contributed by atoms with Crippen LogP contribution in [0.5, 0.6) is 0 Å². The fourth-order valence-corrected chi connectivity index (χ4v) is 4.21. The van der Waals surface area contributed by atoms with Crippen LogP contribution < -0.4 is 5.32 Å². The highest BCUT2D eigenvalue weighted by atomic mass is 32.1. The predicted octanol–water partition coefficient (Wildman–Crippen LogP) is 3.80. The molecule has 2 heterocycles. The number of carbonyl (C=O) groups is 1. The number of carbonyl (C=O) groups excluding carboxylic acids is 1. The fraction of sp³-hybridized carbons (Fsp3) is 0.211. The average molecular weight is 389 g/mol. The molecule has 3 N–H and O–H groups in total. The predicted molar refractivity (Wildman–Crippen MR) is 103 cm³/mol. The SMILES string of the molecule is O=C(NCC(O)C(O)c1ccc(-c2cccs2)s1)OCc1ccccc1. The molecule has 0 radical (unpaired) electrons. The van der Waals surface area contributed by atoms with E-state index < -0.39 is 18.3 Å². The van der Waals surface area contributed by atoms with E-state index in [1.165, 1.54) is 11.3 Å². The summed E-state index contributed by atoms with van der Waals surface area (Å²) in [5.41, 5.74) is 0.878. The highest BCUT2D eigenvalue weighted by Gasteiger charge is 2.21. The van der Waals surface area contributed by atoms with Crippen molar-refractivity contribution in [1.29, 1.82) is 0 Å². The van der Waals surface area contributed by atoms with Crippen LogP contribution in [-0.4, -0.2) is 29.0 Å². The first-order chi connectivity index (χ1) is 12.6. The van der Waals surface area contributed by atoms with Crippen molar-refractivity contribution in [2.45, 2.75) is 18.8 Å². The zero-order valence-corrected chi connectivity index (χ0v) is 15.5. The Balaban J connectivity index is 1.46. The van der Waals surface area contributed by atoms with Gasteiger partial charge in [0.25, 0.3) is 0 Å². The van der Waals surface area contributed by atoms with Crippen LogP contribution in [0.3, 0.4) is 0 Å². The number of aliphatic hydroxyl groups is 2. The molecule has 2 unspecified atom stereocenters. The van der Waals surface area contributed by atoms with Gasteiger partial charge in [-0.25, -0.2) is 4.79 Å². The molecule has 7 heteroatoms. The molecular weight excluding hydrogens is 370 g/mol. The number of hydrogen-bond acceptors (Lipinski definition) is 6. The van der Waals surface area contributed by atoms with Gasteiger partial charge >= 0.3 is 6.09 Å². The first-order valence-corrected chi connectivity index (χ1v) is 9.77. The minimum atomic E-state index is -1.12. The zero-order chi connectivity index (χ0) is 18.4. The molecule has 136 valence electrons. The van der Waals surface area contributed by atoms with Crippen molar-refractivity contribution in [1.82, 2.24) is 5.32 Å². The van der Waals surface area contributed by atoms with E-state index in [2.05, 4.69) is 5.32 Å². The van der Waals surface area contributed by atoms with E-state index in [-0.39, 0.29) is 13.2 Å². The lowest BCUT2D eigenvalue weighted by Crippen LogP contribution is -2.35. The van der Waals surface area contributed by atoms with Crippen LogP contribution in [0.2, 0.25) is 0 Å². The molecule has 0 aliphatic rings. The monoisotopic (exact) mass is 389 g/mol. The normalized spacial score (nSPS) is 13.2. The number of rotatable bonds is 7. The van der Waals surface area contributed by atoms with Crippen molar-refractivity contribution in [2.75, 3.05) is 6.54 Å². The standard InChI is InChI=1S/C19H19NO4S2/c21-14(11-20-19(23)24-12-13-5-2-1-3-6-13)18(22)17-9-8-16(26-17)15-7-4-10-25-15/h1-10,14,18,21-22H,11-12H2,(H,20,23). The van der Waals surface area contributed by atoms with Gasteiger partial charge in [-0.1, -0.05) is 36.4 Å². The van der Waals surface area contributed by atoms with Crippen molar-refractivity contribution in [3.8, 4) is 9.75 Å². The molecular formula is C19H19NO4S2. The van der Waals surface area contributed by atoms with E-state index in [4.69, 9.17) is 4.74 Å². The lowest BCUT2D eigenvalue weighted by molar-refractivity contribution is 0.0205. The van der Waals surface area contributed by atoms with Gasteiger partial charge in [0.05, 0.1) is 0 Å². The van der Waals surface area contributed by atoms with Crippen LogP contribution in [-0.2, 0) is 11.3 Å². The lowest BCUT2D eigenvalue weighted by Gasteiger charge is -2.17. The summed E-state index contributed by atoms with van der Waals surface area (Å²) in [6, 6.07) is 17.0. The van der Waals surface area contributed by atoms with Gasteiger partial charge in [0.15, 0.2) is 0 Å². The van der Waals surface area contributed by atoms with E-state index >= 15 is 0 Å². The average Bonchev–Trinajstić information content (AvgIpc) is 3.36. The quantitative estimate of drug-likeness (QED) is 0.574. The van der Waals surface area contributed by atoms with Gasteiger partial charge in [0.1, 0.15) is 18.8 Å². The highest BCUT2D eigenvalue weighted by Crippen LogP contribution is 2.34. The number of aliphatic hydroxyl groups excluding tert-OH is 2. The maximum atomic E-state index is 11.7. The van der Waals surface area contributed by atoms with Crippen LogP contribution >= 0.6 is 22.7 Å². The van der Waals surface area contributed by atoms with E-state index in [9.17, 15) is 15.0 Å². The summed E-state index contributed by atoms with van der Waals surface area (Å²) in [5.74, 6) is 0. The second-order valence-corrected chi connectivity index (χ2v) is 7.70. The molecule has 0 bridgehead atoms. The molecule has 0 aliphatic carbocycles. The number of nitrogens with one attached hydrogen (secondary N) is 1. The molecule has 0 fully saturated rings. The molecule has 26 heavy (non-hydrogen) atoms. The third-order valence-corrected chi connectivity index (χ3v) is 5.94. The number of alkyl carbamates (subject to hydrolysis) is 1. The minimum Gasteiger partial charge on any atom is -0.445 e. The first-order valence-electron chi connectivity index (χ1n) is 8.08. The third-order valence-electron chi connectivity index (χ3n) is 3.72. The minimum absolute atomic E-state index is 0.0962. The number of hydrogen-bond donors (Lipinski definition) is 3. The topological polar surface area (TPSA) is 78.8 Å². The van der Waals surface area contributed by atoms with Gasteiger partial charge in [0, 0.05) is 21.2 Å². The number of ether oxygens (including phenoxy) is 1. The fourth-order valence-electron chi connectivity index (χ4n) is 2.33. The van der Waals surface area contributed by atoms with Crippen LogP contribution in [0.25, 0.3) is 9.75 Å². The number of benzene rings is 1. The van der Waals surface area contributed by atoms with Crippen LogP contribution in [0.15, 0.2) is 60.0 Å². The van der Waals surface area contributed by atoms with Crippen molar-refractivity contribution in [3.05, 3.63) is 70.4 Å². The Labute approximate surface area is 159 Å². The van der Waals surface area contributed by atoms with Crippen molar-refractivity contribution < 1.29 is 19.7 Å². The Bertz CT molecular complexity index is 817. The van der Waals surface area contributed by atoms with Crippen molar-refractivity contribution >= 4 is 28.8 Å². The van der Waals surface area contributed by atoms with Crippen LogP contribution in [0.4, 0.5) is 4.79 Å². The van der Waals surface area contributed by atoms with Gasteiger partial charge in [-0.3, -0.25) is 0 Å². The van der Waals surface area contributed by atoms with E-state index in [1.54, 1.807) is 17.4 Å². The summed E-state index contributed by atoms with van der Waals surface area (Å²) in [7, 11) is 0. The Hall–Kier alpha value is -2.19. The lowest BCUT2D eigenvalue weighted by atomic mass is 10.1. The van der Waals surface area contributed by atoms with E-state index in [0.29, 0.717) is 4.88 Å². The highest BCUT2D eigenvalue weighted by molar-refractivity contribution is 7.21. The maximum absolute atomic E-state index is 11.7. The molecule has 3 rings (SSSR count). The van der Waals surface area contributed by atoms with Crippen LogP contribution in [0.1, 0.15) is 16.5 Å². The zero-order valence-electron chi connectivity index (χ0n) is 13.9. The van der Waals surface area contributed by atoms with E-state index in [1.807, 2.05) is 53.9 Å². The second-order valence-electron chi connectivity index (χ2n) is 5.63. The van der Waals surface area contributed by atoms with Gasteiger partial charge in [-0.15, -0.1) is 22.7 Å². The number of amides is 1. The van der Waals surface area contributed by atoms with Gasteiger partial charge in [-0.2, -0.15) is 0 Å². The largest absolute Gasteiger partial charge is 0.445 e. The molecule has 0 saturated heterocycles.